The van der Waals surface area contributed by atoms with Crippen molar-refractivity contribution in [3.05, 3.63) is 34.9 Å². The van der Waals surface area contributed by atoms with Crippen LogP contribution in [0, 0.1) is 0 Å². The van der Waals surface area contributed by atoms with Gasteiger partial charge in [0.1, 0.15) is 5.60 Å². The third-order valence-electron chi connectivity index (χ3n) is 2.92. The van der Waals surface area contributed by atoms with Crippen LogP contribution in [-0.2, 0) is 4.84 Å². The van der Waals surface area contributed by atoms with Crippen LogP contribution >= 0.6 is 27.5 Å². The summed E-state index contributed by atoms with van der Waals surface area (Å²) in [5, 5.41) is 5.71. The topological polar surface area (TPSA) is 21.6 Å². The zero-order valence-electron chi connectivity index (χ0n) is 9.91. The van der Waals surface area contributed by atoms with Crippen LogP contribution in [0.4, 0.5) is 0 Å². The van der Waals surface area contributed by atoms with Crippen molar-refractivity contribution in [1.82, 2.24) is 0 Å². The van der Waals surface area contributed by atoms with Crippen LogP contribution in [0.3, 0.4) is 0 Å². The number of rotatable bonds is 2. The first-order valence-electron chi connectivity index (χ1n) is 5.58. The molecule has 17 heavy (non-hydrogen) atoms. The standard InChI is InChI=1S/C13H15BrClNO/c1-13(2)7-11(12(8-14)16-17-13)9-3-5-10(15)6-4-9/h3-6,11H,7-8H2,1-2H3/t11-/m0/s1. The third kappa shape index (κ3) is 3.02. The second-order valence-electron chi connectivity index (χ2n) is 4.88. The van der Waals surface area contributed by atoms with E-state index in [0.29, 0.717) is 5.92 Å². The van der Waals surface area contributed by atoms with Gasteiger partial charge in [0, 0.05) is 22.7 Å². The Morgan fingerprint density at radius 2 is 2.06 bits per heavy atom. The van der Waals surface area contributed by atoms with Crippen LogP contribution in [0.5, 0.6) is 0 Å². The minimum Gasteiger partial charge on any atom is -0.390 e. The third-order valence-corrected chi connectivity index (χ3v) is 3.74. The maximum Gasteiger partial charge on any atom is 0.133 e. The molecule has 0 saturated heterocycles. The van der Waals surface area contributed by atoms with Crippen molar-refractivity contribution in [2.24, 2.45) is 5.16 Å². The summed E-state index contributed by atoms with van der Waals surface area (Å²) in [6.07, 6.45) is 0.930. The molecule has 0 radical (unpaired) electrons. The van der Waals surface area contributed by atoms with Crippen LogP contribution in [-0.4, -0.2) is 16.6 Å². The highest BCUT2D eigenvalue weighted by molar-refractivity contribution is 9.09. The molecular weight excluding hydrogens is 302 g/mol. The highest BCUT2D eigenvalue weighted by Gasteiger charge is 2.33. The molecule has 1 aliphatic rings. The fourth-order valence-electron chi connectivity index (χ4n) is 2.02. The molecule has 0 unspecified atom stereocenters. The Labute approximate surface area is 115 Å². The van der Waals surface area contributed by atoms with E-state index in [0.717, 1.165) is 22.5 Å². The molecule has 0 spiro atoms. The Balaban J connectivity index is 2.32. The molecule has 1 aromatic carbocycles. The Kier molecular flexibility index (Phi) is 3.79. The van der Waals surface area contributed by atoms with Crippen molar-refractivity contribution in [2.75, 3.05) is 5.33 Å². The lowest BCUT2D eigenvalue weighted by Crippen LogP contribution is -2.34. The Morgan fingerprint density at radius 1 is 1.41 bits per heavy atom. The van der Waals surface area contributed by atoms with Crippen molar-refractivity contribution in [2.45, 2.75) is 31.8 Å². The highest BCUT2D eigenvalue weighted by Crippen LogP contribution is 2.34. The van der Waals surface area contributed by atoms with Gasteiger partial charge in [0.25, 0.3) is 0 Å². The van der Waals surface area contributed by atoms with E-state index in [4.69, 9.17) is 16.4 Å². The summed E-state index contributed by atoms with van der Waals surface area (Å²) in [7, 11) is 0. The summed E-state index contributed by atoms with van der Waals surface area (Å²) in [6.45, 7) is 4.12. The first-order chi connectivity index (χ1) is 8.02. The molecule has 1 aromatic rings. The van der Waals surface area contributed by atoms with Gasteiger partial charge in [-0.15, -0.1) is 0 Å². The van der Waals surface area contributed by atoms with E-state index in [1.165, 1.54) is 5.56 Å². The summed E-state index contributed by atoms with van der Waals surface area (Å²) < 4.78 is 0. The monoisotopic (exact) mass is 315 g/mol. The molecule has 1 heterocycles. The van der Waals surface area contributed by atoms with Crippen LogP contribution in [0.1, 0.15) is 31.7 Å². The molecule has 0 amide bonds. The number of nitrogens with zero attached hydrogens (tertiary/aromatic N) is 1. The molecule has 0 aromatic heterocycles. The van der Waals surface area contributed by atoms with Crippen molar-refractivity contribution < 1.29 is 4.84 Å². The molecule has 92 valence electrons. The maximum absolute atomic E-state index is 5.91. The minimum absolute atomic E-state index is 0.212. The fourth-order valence-corrected chi connectivity index (χ4v) is 2.63. The molecule has 2 nitrogen and oxygen atoms in total. The second kappa shape index (κ2) is 4.99. The number of halogens is 2. The maximum atomic E-state index is 5.91. The number of oxime groups is 1. The summed E-state index contributed by atoms with van der Waals surface area (Å²) in [6, 6.07) is 7.97. The van der Waals surface area contributed by atoms with Gasteiger partial charge >= 0.3 is 0 Å². The van der Waals surface area contributed by atoms with Gasteiger partial charge in [-0.2, -0.15) is 0 Å². The van der Waals surface area contributed by atoms with Gasteiger partial charge in [-0.05, 0) is 31.5 Å². The first kappa shape index (κ1) is 12.9. The molecule has 0 bridgehead atoms. The summed E-state index contributed by atoms with van der Waals surface area (Å²) in [5.74, 6) is 0.301. The van der Waals surface area contributed by atoms with Gasteiger partial charge in [0.2, 0.25) is 0 Å². The molecule has 0 N–H and O–H groups in total. The van der Waals surface area contributed by atoms with Crippen LogP contribution in [0.15, 0.2) is 29.4 Å². The molecule has 4 heteroatoms. The van der Waals surface area contributed by atoms with E-state index < -0.39 is 0 Å². The lowest BCUT2D eigenvalue weighted by molar-refractivity contribution is -0.0327. The number of hydrogen-bond donors (Lipinski definition) is 0. The number of benzene rings is 1. The van der Waals surface area contributed by atoms with E-state index >= 15 is 0 Å². The second-order valence-corrected chi connectivity index (χ2v) is 5.87. The largest absolute Gasteiger partial charge is 0.390 e. The zero-order valence-corrected chi connectivity index (χ0v) is 12.3. The van der Waals surface area contributed by atoms with E-state index in [2.05, 4.69) is 47.1 Å². The average Bonchev–Trinajstić information content (AvgIpc) is 2.29. The van der Waals surface area contributed by atoms with E-state index in [-0.39, 0.29) is 5.60 Å². The predicted molar refractivity (Wildman–Crippen MR) is 75.2 cm³/mol. The van der Waals surface area contributed by atoms with Crippen molar-refractivity contribution in [3.8, 4) is 0 Å². The van der Waals surface area contributed by atoms with Crippen molar-refractivity contribution in [1.29, 1.82) is 0 Å². The van der Waals surface area contributed by atoms with E-state index in [1.807, 2.05) is 12.1 Å². The molecule has 1 aliphatic heterocycles. The Morgan fingerprint density at radius 3 is 2.65 bits per heavy atom. The van der Waals surface area contributed by atoms with Gasteiger partial charge in [-0.25, -0.2) is 0 Å². The zero-order chi connectivity index (χ0) is 12.5. The number of hydrogen-bond acceptors (Lipinski definition) is 2. The van der Waals surface area contributed by atoms with E-state index in [1.54, 1.807) is 0 Å². The van der Waals surface area contributed by atoms with Gasteiger partial charge in [-0.3, -0.25) is 0 Å². The summed E-state index contributed by atoms with van der Waals surface area (Å²) in [4.78, 5) is 5.48. The molecule has 0 aliphatic carbocycles. The average molecular weight is 317 g/mol. The predicted octanol–water partition coefficient (Wildman–Crippen LogP) is 4.37. The van der Waals surface area contributed by atoms with Gasteiger partial charge in [0.15, 0.2) is 0 Å². The SMILES string of the molecule is CC1(C)C[C@@H](c2ccc(Cl)cc2)C(CBr)=NO1. The minimum atomic E-state index is -0.212. The van der Waals surface area contributed by atoms with Crippen LogP contribution < -0.4 is 0 Å². The molecule has 0 fully saturated rings. The smallest absolute Gasteiger partial charge is 0.133 e. The van der Waals surface area contributed by atoms with Gasteiger partial charge < -0.3 is 4.84 Å². The summed E-state index contributed by atoms with van der Waals surface area (Å²) in [5.41, 5.74) is 2.06. The van der Waals surface area contributed by atoms with E-state index in [9.17, 15) is 0 Å². The quantitative estimate of drug-likeness (QED) is 0.742. The van der Waals surface area contributed by atoms with Crippen molar-refractivity contribution in [3.63, 3.8) is 0 Å². The Hall–Kier alpha value is -0.540. The Bertz CT molecular complexity index is 428. The number of alkyl halides is 1. The van der Waals surface area contributed by atoms with Crippen molar-refractivity contribution >= 4 is 33.2 Å². The van der Waals surface area contributed by atoms with Crippen LogP contribution in [0.25, 0.3) is 0 Å². The first-order valence-corrected chi connectivity index (χ1v) is 7.08. The molecule has 0 saturated carbocycles. The lowest BCUT2D eigenvalue weighted by Gasteiger charge is -2.33. The normalized spacial score (nSPS) is 22.8. The highest BCUT2D eigenvalue weighted by atomic mass is 79.9. The molecular formula is C13H15BrClNO. The summed E-state index contributed by atoms with van der Waals surface area (Å²) >= 11 is 9.38. The molecule has 2 rings (SSSR count). The fraction of sp³-hybridized carbons (Fsp3) is 0.462. The van der Waals surface area contributed by atoms with Crippen LogP contribution in [0.2, 0.25) is 5.02 Å². The van der Waals surface area contributed by atoms with Gasteiger partial charge in [0.05, 0.1) is 5.71 Å². The molecule has 1 atom stereocenters. The lowest BCUT2D eigenvalue weighted by atomic mass is 9.84. The van der Waals surface area contributed by atoms with Gasteiger partial charge in [-0.1, -0.05) is 44.8 Å².